The van der Waals surface area contributed by atoms with Gasteiger partial charge in [0.25, 0.3) is 0 Å². The van der Waals surface area contributed by atoms with Gasteiger partial charge in [-0.05, 0) is 39.0 Å². The summed E-state index contributed by atoms with van der Waals surface area (Å²) in [7, 11) is 0. The number of aromatic nitrogens is 3. The van der Waals surface area contributed by atoms with E-state index in [1.54, 1.807) is 30.5 Å². The standard InChI is InChI=1S/C30H41N7O7/c1-30(2,3)44-29(38)34-10-11-39-12-13-40-14-15-41-16-17-42-18-19-43-26-20-24(8-9-33-26)35-28-25(21-31)27(36-37-28)22-4-6-23(32)7-5-22/h4-9,20H,10-19,32H2,1-3H3,(H,34,38)(H2,33,35,36,37). The van der Waals surface area contributed by atoms with E-state index in [0.717, 1.165) is 5.56 Å². The summed E-state index contributed by atoms with van der Waals surface area (Å²) in [6.45, 7) is 9.41. The molecule has 1 amide bonds. The van der Waals surface area contributed by atoms with Gasteiger partial charge in [-0.15, -0.1) is 0 Å². The molecule has 0 unspecified atom stereocenters. The number of aromatic amines is 1. The number of nitrogens with one attached hydrogen (secondary N) is 3. The number of rotatable bonds is 19. The lowest BCUT2D eigenvalue weighted by molar-refractivity contribution is -0.00468. The van der Waals surface area contributed by atoms with Crippen molar-refractivity contribution in [2.45, 2.75) is 26.4 Å². The van der Waals surface area contributed by atoms with Gasteiger partial charge in [0.2, 0.25) is 5.88 Å². The van der Waals surface area contributed by atoms with Gasteiger partial charge in [-0.25, -0.2) is 9.78 Å². The second-order valence-corrected chi connectivity index (χ2v) is 10.3. The number of H-pyrrole nitrogens is 1. The molecule has 0 radical (unpaired) electrons. The third-order valence-electron chi connectivity index (χ3n) is 5.58. The molecule has 3 aromatic rings. The maximum absolute atomic E-state index is 11.5. The van der Waals surface area contributed by atoms with Crippen LogP contribution in [-0.2, 0) is 23.7 Å². The van der Waals surface area contributed by atoms with Crippen molar-refractivity contribution in [3.63, 3.8) is 0 Å². The van der Waals surface area contributed by atoms with Crippen molar-refractivity contribution in [3.8, 4) is 23.2 Å². The number of nitrogen functional groups attached to an aromatic ring is 1. The van der Waals surface area contributed by atoms with Crippen molar-refractivity contribution in [2.24, 2.45) is 0 Å². The molecule has 5 N–H and O–H groups in total. The third kappa shape index (κ3) is 12.8. The molecule has 0 spiro atoms. The zero-order valence-electron chi connectivity index (χ0n) is 25.4. The lowest BCUT2D eigenvalue weighted by atomic mass is 10.1. The number of anilines is 3. The Morgan fingerprint density at radius 3 is 2.16 bits per heavy atom. The van der Waals surface area contributed by atoms with Crippen LogP contribution in [0.4, 0.5) is 22.0 Å². The molecule has 2 heterocycles. The molecule has 14 nitrogen and oxygen atoms in total. The quantitative estimate of drug-likeness (QED) is 0.114. The Morgan fingerprint density at radius 1 is 0.932 bits per heavy atom. The third-order valence-corrected chi connectivity index (χ3v) is 5.58. The normalized spacial score (nSPS) is 11.1. The minimum absolute atomic E-state index is 0.306. The second kappa shape index (κ2) is 18.3. The van der Waals surface area contributed by atoms with Gasteiger partial charge in [-0.1, -0.05) is 12.1 Å². The van der Waals surface area contributed by atoms with Gasteiger partial charge in [-0.3, -0.25) is 5.10 Å². The van der Waals surface area contributed by atoms with E-state index in [1.807, 2.05) is 32.9 Å². The number of benzene rings is 1. The summed E-state index contributed by atoms with van der Waals surface area (Å²) in [6.07, 6.45) is 1.14. The highest BCUT2D eigenvalue weighted by molar-refractivity contribution is 5.76. The van der Waals surface area contributed by atoms with Gasteiger partial charge in [0.15, 0.2) is 5.82 Å². The van der Waals surface area contributed by atoms with Gasteiger partial charge in [-0.2, -0.15) is 10.4 Å². The van der Waals surface area contributed by atoms with E-state index >= 15 is 0 Å². The van der Waals surface area contributed by atoms with Crippen LogP contribution < -0.4 is 21.1 Å². The van der Waals surface area contributed by atoms with Crippen LogP contribution in [0.2, 0.25) is 0 Å². The predicted octanol–water partition coefficient (Wildman–Crippen LogP) is 3.64. The van der Waals surface area contributed by atoms with E-state index in [4.69, 9.17) is 34.2 Å². The van der Waals surface area contributed by atoms with Crippen molar-refractivity contribution >= 4 is 23.3 Å². The van der Waals surface area contributed by atoms with E-state index in [9.17, 15) is 10.1 Å². The van der Waals surface area contributed by atoms with Gasteiger partial charge in [0.1, 0.15) is 23.8 Å². The zero-order chi connectivity index (χ0) is 31.6. The molecule has 44 heavy (non-hydrogen) atoms. The maximum atomic E-state index is 11.5. The van der Waals surface area contributed by atoms with Crippen LogP contribution >= 0.6 is 0 Å². The molecular formula is C30H41N7O7. The van der Waals surface area contributed by atoms with Crippen LogP contribution in [0, 0.1) is 11.3 Å². The first-order chi connectivity index (χ1) is 21.2. The molecule has 2 aromatic heterocycles. The van der Waals surface area contributed by atoms with Crippen LogP contribution in [0.3, 0.4) is 0 Å². The maximum Gasteiger partial charge on any atom is 0.407 e. The van der Waals surface area contributed by atoms with Crippen LogP contribution in [0.25, 0.3) is 11.3 Å². The number of nitriles is 1. The Labute approximate surface area is 257 Å². The average molecular weight is 612 g/mol. The number of alkyl carbamates (subject to hydrolysis) is 1. The van der Waals surface area contributed by atoms with Gasteiger partial charge in [0.05, 0.1) is 58.5 Å². The fourth-order valence-corrected chi connectivity index (χ4v) is 3.61. The monoisotopic (exact) mass is 611 g/mol. The lowest BCUT2D eigenvalue weighted by Gasteiger charge is -2.19. The molecule has 0 saturated heterocycles. The van der Waals surface area contributed by atoms with Crippen LogP contribution in [-0.4, -0.2) is 92.9 Å². The minimum Gasteiger partial charge on any atom is -0.475 e. The first kappa shape index (κ1) is 34.1. The first-order valence-corrected chi connectivity index (χ1v) is 14.2. The Bertz CT molecular complexity index is 1320. The number of nitrogens with two attached hydrogens (primary N) is 1. The molecular weight excluding hydrogens is 570 g/mol. The minimum atomic E-state index is -0.523. The van der Waals surface area contributed by atoms with Crippen molar-refractivity contribution in [3.05, 3.63) is 48.2 Å². The van der Waals surface area contributed by atoms with Crippen LogP contribution in [0.1, 0.15) is 26.3 Å². The topological polar surface area (TPSA) is 188 Å². The Hall–Kier alpha value is -4.42. The highest BCUT2D eigenvalue weighted by Crippen LogP contribution is 2.29. The Morgan fingerprint density at radius 2 is 1.55 bits per heavy atom. The number of carbonyl (C=O) groups excluding carboxylic acids is 1. The SMILES string of the molecule is CC(C)(C)OC(=O)NCCOCCOCCOCCOCCOc1cc(Nc2n[nH]c(-c3ccc(N)cc3)c2C#N)ccn1. The molecule has 1 aromatic carbocycles. The lowest BCUT2D eigenvalue weighted by Crippen LogP contribution is -2.34. The van der Waals surface area contributed by atoms with Crippen molar-refractivity contribution in [1.29, 1.82) is 5.26 Å². The van der Waals surface area contributed by atoms with Crippen LogP contribution in [0.15, 0.2) is 42.6 Å². The number of nitrogens with zero attached hydrogens (tertiary/aromatic N) is 3. The van der Waals surface area contributed by atoms with Crippen molar-refractivity contribution in [2.75, 3.05) is 77.1 Å². The molecule has 0 saturated carbocycles. The number of carbonyl (C=O) groups is 1. The highest BCUT2D eigenvalue weighted by Gasteiger charge is 2.16. The fourth-order valence-electron chi connectivity index (χ4n) is 3.61. The fraction of sp³-hybridized carbons (Fsp3) is 0.467. The molecule has 3 rings (SSSR count). The summed E-state index contributed by atoms with van der Waals surface area (Å²) < 4.78 is 32.7. The van der Waals surface area contributed by atoms with E-state index in [-0.39, 0.29) is 0 Å². The largest absolute Gasteiger partial charge is 0.475 e. The number of ether oxygens (including phenoxy) is 6. The molecule has 0 fully saturated rings. The molecule has 0 aliphatic rings. The summed E-state index contributed by atoms with van der Waals surface area (Å²) in [4.78, 5) is 15.7. The summed E-state index contributed by atoms with van der Waals surface area (Å²) in [5.74, 6) is 0.798. The summed E-state index contributed by atoms with van der Waals surface area (Å²) in [5, 5.41) is 22.6. The molecule has 14 heteroatoms. The first-order valence-electron chi connectivity index (χ1n) is 14.2. The van der Waals surface area contributed by atoms with Crippen LogP contribution in [0.5, 0.6) is 5.88 Å². The number of amides is 1. The Balaban J connectivity index is 1.20. The van der Waals surface area contributed by atoms with Gasteiger partial charge >= 0.3 is 6.09 Å². The smallest absolute Gasteiger partial charge is 0.407 e. The predicted molar refractivity (Wildman–Crippen MR) is 164 cm³/mol. The summed E-state index contributed by atoms with van der Waals surface area (Å²) in [5.41, 5.74) is 8.33. The molecule has 0 aliphatic heterocycles. The van der Waals surface area contributed by atoms with E-state index in [2.05, 4.69) is 31.9 Å². The van der Waals surface area contributed by atoms with Crippen molar-refractivity contribution < 1.29 is 33.2 Å². The van der Waals surface area contributed by atoms with E-state index in [0.29, 0.717) is 100 Å². The number of pyridine rings is 1. The molecule has 0 atom stereocenters. The molecule has 0 aliphatic carbocycles. The number of hydrogen-bond donors (Lipinski definition) is 4. The molecule has 238 valence electrons. The highest BCUT2D eigenvalue weighted by atomic mass is 16.6. The van der Waals surface area contributed by atoms with Gasteiger partial charge < -0.3 is 44.8 Å². The van der Waals surface area contributed by atoms with Gasteiger partial charge in [0, 0.05) is 35.7 Å². The number of hydrogen-bond acceptors (Lipinski definition) is 12. The van der Waals surface area contributed by atoms with E-state index < -0.39 is 11.7 Å². The second-order valence-electron chi connectivity index (χ2n) is 10.3. The summed E-state index contributed by atoms with van der Waals surface area (Å²) in [6, 6.07) is 12.8. The molecule has 0 bridgehead atoms. The van der Waals surface area contributed by atoms with Crippen molar-refractivity contribution in [1.82, 2.24) is 20.5 Å². The summed E-state index contributed by atoms with van der Waals surface area (Å²) >= 11 is 0. The average Bonchev–Trinajstić information content (AvgIpc) is 3.38. The zero-order valence-corrected chi connectivity index (χ0v) is 25.4. The Kier molecular flexibility index (Phi) is 14.2. The van der Waals surface area contributed by atoms with E-state index in [1.165, 1.54) is 0 Å².